The van der Waals surface area contributed by atoms with E-state index in [1.165, 1.54) is 12.1 Å². The number of halogens is 1. The Morgan fingerprint density at radius 1 is 1.03 bits per heavy atom. The van der Waals surface area contributed by atoms with Crippen molar-refractivity contribution in [3.8, 4) is 0 Å². The van der Waals surface area contributed by atoms with E-state index in [1.54, 1.807) is 29.2 Å². The van der Waals surface area contributed by atoms with Crippen molar-refractivity contribution >= 4 is 21.8 Å². The highest BCUT2D eigenvalue weighted by Gasteiger charge is 2.31. The van der Waals surface area contributed by atoms with Gasteiger partial charge in [-0.3, -0.25) is 9.59 Å². The van der Waals surface area contributed by atoms with Crippen molar-refractivity contribution in [3.63, 3.8) is 0 Å². The summed E-state index contributed by atoms with van der Waals surface area (Å²) < 4.78 is 40.7. The summed E-state index contributed by atoms with van der Waals surface area (Å²) in [7, 11) is -4.03. The lowest BCUT2D eigenvalue weighted by molar-refractivity contribution is -0.135. The highest BCUT2D eigenvalue weighted by Crippen LogP contribution is 2.21. The van der Waals surface area contributed by atoms with Gasteiger partial charge in [0.15, 0.2) is 0 Å². The van der Waals surface area contributed by atoms with Crippen LogP contribution in [0.5, 0.6) is 0 Å². The molecule has 0 radical (unpaired) electrons. The van der Waals surface area contributed by atoms with Gasteiger partial charge < -0.3 is 10.6 Å². The van der Waals surface area contributed by atoms with E-state index >= 15 is 0 Å². The van der Waals surface area contributed by atoms with Crippen LogP contribution in [0.4, 0.5) is 4.39 Å². The molecule has 2 amide bonds. The molecular weight excluding hydrogens is 409 g/mol. The van der Waals surface area contributed by atoms with Gasteiger partial charge in [0.25, 0.3) is 0 Å². The van der Waals surface area contributed by atoms with E-state index in [0.29, 0.717) is 25.9 Å². The molecule has 0 atom stereocenters. The molecule has 1 aliphatic rings. The summed E-state index contributed by atoms with van der Waals surface area (Å²) in [4.78, 5) is 25.6. The molecule has 1 heterocycles. The molecule has 0 aromatic heterocycles. The van der Waals surface area contributed by atoms with Gasteiger partial charge in [-0.2, -0.15) is 4.31 Å². The third kappa shape index (κ3) is 5.22. The van der Waals surface area contributed by atoms with Gasteiger partial charge in [0.05, 0.1) is 11.4 Å². The molecule has 160 valence electrons. The van der Waals surface area contributed by atoms with E-state index < -0.39 is 15.8 Å². The molecule has 0 saturated carbocycles. The van der Waals surface area contributed by atoms with Gasteiger partial charge in [-0.25, -0.2) is 12.8 Å². The fraction of sp³-hybridized carbons (Fsp3) is 0.333. The van der Waals surface area contributed by atoms with Gasteiger partial charge in [-0.05, 0) is 42.7 Å². The van der Waals surface area contributed by atoms with E-state index in [9.17, 15) is 22.4 Å². The molecule has 7 nitrogen and oxygen atoms in total. The zero-order chi connectivity index (χ0) is 21.7. The van der Waals surface area contributed by atoms with Crippen LogP contribution in [0.15, 0.2) is 59.5 Å². The molecule has 2 aromatic carbocycles. The summed E-state index contributed by atoms with van der Waals surface area (Å²) in [6.07, 6.45) is 0.926. The molecule has 1 fully saturated rings. The first-order valence-electron chi connectivity index (χ1n) is 9.64. The van der Waals surface area contributed by atoms with Gasteiger partial charge >= 0.3 is 0 Å². The van der Waals surface area contributed by atoms with Gasteiger partial charge in [0.2, 0.25) is 21.8 Å². The standard InChI is InChI=1S/C21H24FN3O4S/c22-18-6-8-19(9-7-18)30(28,29)25(14-16-4-2-1-3-5-16)15-20(26)24-12-10-17(11-13-24)21(23)27/h1-9,17H,10-15H2,(H2,23,27). The number of primary amides is 1. The zero-order valence-corrected chi connectivity index (χ0v) is 17.2. The predicted octanol–water partition coefficient (Wildman–Crippen LogP) is 1.74. The predicted molar refractivity (Wildman–Crippen MR) is 109 cm³/mol. The highest BCUT2D eigenvalue weighted by atomic mass is 32.2. The number of sulfonamides is 1. The molecule has 0 bridgehead atoms. The molecule has 30 heavy (non-hydrogen) atoms. The van der Waals surface area contributed by atoms with Gasteiger partial charge in [0, 0.05) is 25.6 Å². The number of hydrogen-bond donors (Lipinski definition) is 1. The van der Waals surface area contributed by atoms with Crippen molar-refractivity contribution in [1.82, 2.24) is 9.21 Å². The van der Waals surface area contributed by atoms with Crippen molar-refractivity contribution < 1.29 is 22.4 Å². The minimum Gasteiger partial charge on any atom is -0.369 e. The number of nitrogens with two attached hydrogens (primary N) is 1. The molecule has 2 N–H and O–H groups in total. The largest absolute Gasteiger partial charge is 0.369 e. The van der Waals surface area contributed by atoms with Crippen molar-refractivity contribution in [3.05, 3.63) is 66.0 Å². The van der Waals surface area contributed by atoms with Gasteiger partial charge in [-0.1, -0.05) is 30.3 Å². The molecule has 2 aromatic rings. The second kappa shape index (κ2) is 9.36. The lowest BCUT2D eigenvalue weighted by Crippen LogP contribution is -2.46. The number of rotatable bonds is 7. The number of carbonyl (C=O) groups is 2. The van der Waals surface area contributed by atoms with Crippen LogP contribution in [-0.4, -0.2) is 49.1 Å². The maximum absolute atomic E-state index is 13.3. The third-order valence-electron chi connectivity index (χ3n) is 5.21. The highest BCUT2D eigenvalue weighted by molar-refractivity contribution is 7.89. The Kier molecular flexibility index (Phi) is 6.84. The Morgan fingerprint density at radius 2 is 1.63 bits per heavy atom. The molecule has 0 spiro atoms. The number of piperidine rings is 1. The smallest absolute Gasteiger partial charge is 0.243 e. The second-order valence-corrected chi connectivity index (χ2v) is 9.21. The van der Waals surface area contributed by atoms with E-state index in [1.807, 2.05) is 6.07 Å². The summed E-state index contributed by atoms with van der Waals surface area (Å²) in [6, 6.07) is 13.5. The van der Waals surface area contributed by atoms with Crippen LogP contribution in [0.1, 0.15) is 18.4 Å². The summed E-state index contributed by atoms with van der Waals surface area (Å²) in [5.74, 6) is -1.54. The van der Waals surface area contributed by atoms with Crippen LogP contribution in [0.25, 0.3) is 0 Å². The Morgan fingerprint density at radius 3 is 2.20 bits per heavy atom. The Bertz CT molecular complexity index is 989. The number of nitrogens with zero attached hydrogens (tertiary/aromatic N) is 2. The molecule has 3 rings (SSSR count). The molecule has 0 unspecified atom stereocenters. The molecule has 1 saturated heterocycles. The van der Waals surface area contributed by atoms with Crippen molar-refractivity contribution in [2.75, 3.05) is 19.6 Å². The van der Waals surface area contributed by atoms with Crippen LogP contribution in [0.3, 0.4) is 0 Å². The SMILES string of the molecule is NC(=O)C1CCN(C(=O)CN(Cc2ccccc2)S(=O)(=O)c2ccc(F)cc2)CC1. The van der Waals surface area contributed by atoms with Crippen LogP contribution < -0.4 is 5.73 Å². The maximum Gasteiger partial charge on any atom is 0.243 e. The molecule has 9 heteroatoms. The quantitative estimate of drug-likeness (QED) is 0.719. The molecular formula is C21H24FN3O4S. The van der Waals surface area contributed by atoms with E-state index in [4.69, 9.17) is 5.73 Å². The zero-order valence-electron chi connectivity index (χ0n) is 16.4. The lowest BCUT2D eigenvalue weighted by Gasteiger charge is -2.32. The maximum atomic E-state index is 13.3. The summed E-state index contributed by atoms with van der Waals surface area (Å²) in [5.41, 5.74) is 6.06. The van der Waals surface area contributed by atoms with Crippen LogP contribution in [0.2, 0.25) is 0 Å². The average molecular weight is 434 g/mol. The normalized spacial score (nSPS) is 15.3. The monoisotopic (exact) mass is 433 g/mol. The lowest BCUT2D eigenvalue weighted by atomic mass is 9.96. The Hall–Kier alpha value is -2.78. The fourth-order valence-corrected chi connectivity index (χ4v) is 4.81. The first kappa shape index (κ1) is 21.9. The van der Waals surface area contributed by atoms with Gasteiger partial charge in [0.1, 0.15) is 5.82 Å². The van der Waals surface area contributed by atoms with Crippen LogP contribution in [0, 0.1) is 11.7 Å². The van der Waals surface area contributed by atoms with Crippen molar-refractivity contribution in [1.29, 1.82) is 0 Å². The van der Waals surface area contributed by atoms with Crippen molar-refractivity contribution in [2.45, 2.75) is 24.3 Å². The average Bonchev–Trinajstić information content (AvgIpc) is 2.74. The third-order valence-corrected chi connectivity index (χ3v) is 7.02. The van der Waals surface area contributed by atoms with E-state index in [-0.39, 0.29) is 35.7 Å². The number of carbonyl (C=O) groups excluding carboxylic acids is 2. The number of amides is 2. The topological polar surface area (TPSA) is 101 Å². The minimum absolute atomic E-state index is 0.00401. The number of likely N-dealkylation sites (tertiary alicyclic amines) is 1. The first-order chi connectivity index (χ1) is 14.3. The Labute approximate surface area is 175 Å². The second-order valence-electron chi connectivity index (χ2n) is 7.27. The van der Waals surface area contributed by atoms with Crippen molar-refractivity contribution in [2.24, 2.45) is 11.7 Å². The fourth-order valence-electron chi connectivity index (χ4n) is 3.43. The Balaban J connectivity index is 1.80. The summed E-state index contributed by atoms with van der Waals surface area (Å²) in [5, 5.41) is 0. The molecule has 0 aliphatic carbocycles. The number of hydrogen-bond acceptors (Lipinski definition) is 4. The van der Waals surface area contributed by atoms with E-state index in [2.05, 4.69) is 0 Å². The minimum atomic E-state index is -4.03. The van der Waals surface area contributed by atoms with Crippen LogP contribution in [-0.2, 0) is 26.2 Å². The van der Waals surface area contributed by atoms with Crippen LogP contribution >= 0.6 is 0 Å². The summed E-state index contributed by atoms with van der Waals surface area (Å²) >= 11 is 0. The number of benzene rings is 2. The van der Waals surface area contributed by atoms with Gasteiger partial charge in [-0.15, -0.1) is 0 Å². The summed E-state index contributed by atoms with van der Waals surface area (Å²) in [6.45, 7) is 0.351. The first-order valence-corrected chi connectivity index (χ1v) is 11.1. The van der Waals surface area contributed by atoms with E-state index in [0.717, 1.165) is 22.0 Å². The molecule has 1 aliphatic heterocycles.